The van der Waals surface area contributed by atoms with Crippen LogP contribution in [0.25, 0.3) is 0 Å². The molecule has 5 heteroatoms. The highest BCUT2D eigenvalue weighted by Crippen LogP contribution is 2.09. The zero-order valence-corrected chi connectivity index (χ0v) is 8.54. The molecule has 1 heterocycles. The van der Waals surface area contributed by atoms with E-state index in [1.165, 1.54) is 6.20 Å². The number of halogens is 1. The molecule has 1 amide bonds. The van der Waals surface area contributed by atoms with Crippen molar-refractivity contribution in [2.45, 2.75) is 6.92 Å². The molecule has 0 unspecified atom stereocenters. The van der Waals surface area contributed by atoms with E-state index in [2.05, 4.69) is 10.3 Å². The fourth-order valence-electron chi connectivity index (χ4n) is 0.842. The summed E-state index contributed by atoms with van der Waals surface area (Å²) in [4.78, 5) is 15.0. The van der Waals surface area contributed by atoms with Gasteiger partial charge in [-0.2, -0.15) is 0 Å². The fraction of sp³-hybridized carbons (Fsp3) is 0.333. The van der Waals surface area contributed by atoms with Crippen LogP contribution in [0.15, 0.2) is 18.3 Å². The number of rotatable bonds is 4. The first-order chi connectivity index (χ1) is 6.72. The van der Waals surface area contributed by atoms with Gasteiger partial charge >= 0.3 is 0 Å². The van der Waals surface area contributed by atoms with Gasteiger partial charge in [0.05, 0.1) is 11.9 Å². The average molecular weight is 215 g/mol. The summed E-state index contributed by atoms with van der Waals surface area (Å²) in [5, 5.41) is 3.01. The minimum atomic E-state index is -0.198. The fourth-order valence-corrected chi connectivity index (χ4v) is 0.953. The molecule has 1 aromatic rings. The topological polar surface area (TPSA) is 51.2 Å². The second kappa shape index (κ2) is 5.57. The maximum Gasteiger partial charge on any atom is 0.250 e. The Kier molecular flexibility index (Phi) is 4.35. The number of carbonyl (C=O) groups is 1. The molecule has 0 bridgehead atoms. The molecule has 1 N–H and O–H groups in total. The van der Waals surface area contributed by atoms with E-state index < -0.39 is 0 Å². The SMILES string of the molecule is CCOCC(=O)Nc1ccc(Cl)nc1. The minimum Gasteiger partial charge on any atom is -0.372 e. The van der Waals surface area contributed by atoms with Crippen LogP contribution in [0, 0.1) is 0 Å². The maximum absolute atomic E-state index is 11.2. The maximum atomic E-state index is 11.2. The van der Waals surface area contributed by atoms with Crippen molar-refractivity contribution in [2.24, 2.45) is 0 Å². The van der Waals surface area contributed by atoms with Crippen molar-refractivity contribution in [3.05, 3.63) is 23.5 Å². The number of hydrogen-bond acceptors (Lipinski definition) is 3. The molecule has 1 rings (SSSR count). The van der Waals surface area contributed by atoms with Gasteiger partial charge in [0.15, 0.2) is 0 Å². The molecule has 0 aromatic carbocycles. The van der Waals surface area contributed by atoms with E-state index in [0.29, 0.717) is 17.4 Å². The summed E-state index contributed by atoms with van der Waals surface area (Å²) in [6.07, 6.45) is 1.49. The highest BCUT2D eigenvalue weighted by Gasteiger charge is 2.01. The number of aromatic nitrogens is 1. The monoisotopic (exact) mass is 214 g/mol. The van der Waals surface area contributed by atoms with Gasteiger partial charge in [-0.05, 0) is 19.1 Å². The Morgan fingerprint density at radius 2 is 2.43 bits per heavy atom. The summed E-state index contributed by atoms with van der Waals surface area (Å²) in [5.74, 6) is -0.198. The lowest BCUT2D eigenvalue weighted by atomic mass is 10.4. The largest absolute Gasteiger partial charge is 0.372 e. The quantitative estimate of drug-likeness (QED) is 0.777. The van der Waals surface area contributed by atoms with E-state index in [-0.39, 0.29) is 12.5 Å². The molecule has 0 aliphatic carbocycles. The van der Waals surface area contributed by atoms with Crippen molar-refractivity contribution >= 4 is 23.2 Å². The first-order valence-electron chi connectivity index (χ1n) is 4.21. The van der Waals surface area contributed by atoms with Crippen LogP contribution in [0.3, 0.4) is 0 Å². The number of hydrogen-bond donors (Lipinski definition) is 1. The Balaban J connectivity index is 2.44. The summed E-state index contributed by atoms with van der Waals surface area (Å²) in [6.45, 7) is 2.41. The molecule has 14 heavy (non-hydrogen) atoms. The zero-order valence-electron chi connectivity index (χ0n) is 7.79. The van der Waals surface area contributed by atoms with Gasteiger partial charge in [0.1, 0.15) is 11.8 Å². The van der Waals surface area contributed by atoms with Gasteiger partial charge in [0, 0.05) is 6.61 Å². The average Bonchev–Trinajstić information content (AvgIpc) is 2.18. The second-order valence-corrected chi connectivity index (χ2v) is 2.94. The first kappa shape index (κ1) is 10.9. The van der Waals surface area contributed by atoms with Crippen molar-refractivity contribution in [3.8, 4) is 0 Å². The van der Waals surface area contributed by atoms with Crippen LogP contribution in [-0.2, 0) is 9.53 Å². The molecule has 0 saturated heterocycles. The van der Waals surface area contributed by atoms with E-state index in [1.54, 1.807) is 12.1 Å². The van der Waals surface area contributed by atoms with Crippen LogP contribution >= 0.6 is 11.6 Å². The van der Waals surface area contributed by atoms with Crippen molar-refractivity contribution < 1.29 is 9.53 Å². The Labute approximate surface area is 87.2 Å². The summed E-state index contributed by atoms with van der Waals surface area (Å²) in [6, 6.07) is 3.29. The van der Waals surface area contributed by atoms with Gasteiger partial charge < -0.3 is 10.1 Å². The number of anilines is 1. The van der Waals surface area contributed by atoms with E-state index in [1.807, 2.05) is 6.92 Å². The van der Waals surface area contributed by atoms with Crippen LogP contribution in [0.4, 0.5) is 5.69 Å². The molecule has 0 aliphatic rings. The smallest absolute Gasteiger partial charge is 0.250 e. The van der Waals surface area contributed by atoms with Crippen molar-refractivity contribution in [1.29, 1.82) is 0 Å². The minimum absolute atomic E-state index is 0.0547. The Bertz CT molecular complexity index is 300. The first-order valence-corrected chi connectivity index (χ1v) is 4.59. The molecular formula is C9H11ClN2O2. The van der Waals surface area contributed by atoms with Gasteiger partial charge in [0.2, 0.25) is 5.91 Å². The third kappa shape index (κ3) is 3.72. The van der Waals surface area contributed by atoms with E-state index in [0.717, 1.165) is 0 Å². The number of carbonyl (C=O) groups excluding carboxylic acids is 1. The Hall–Kier alpha value is -1.13. The standard InChI is InChI=1S/C9H11ClN2O2/c1-2-14-6-9(13)12-7-3-4-8(10)11-5-7/h3-5H,2,6H2,1H3,(H,12,13). The second-order valence-electron chi connectivity index (χ2n) is 2.55. The van der Waals surface area contributed by atoms with Crippen molar-refractivity contribution in [3.63, 3.8) is 0 Å². The van der Waals surface area contributed by atoms with Gasteiger partial charge in [-0.25, -0.2) is 4.98 Å². The van der Waals surface area contributed by atoms with Gasteiger partial charge in [0.25, 0.3) is 0 Å². The molecular weight excluding hydrogens is 204 g/mol. The number of pyridine rings is 1. The molecule has 0 aliphatic heterocycles. The lowest BCUT2D eigenvalue weighted by Crippen LogP contribution is -2.18. The Morgan fingerprint density at radius 3 is 3.00 bits per heavy atom. The third-order valence-corrected chi connectivity index (χ3v) is 1.67. The number of nitrogens with zero attached hydrogens (tertiary/aromatic N) is 1. The third-order valence-electron chi connectivity index (χ3n) is 1.45. The molecule has 0 fully saturated rings. The number of nitrogens with one attached hydrogen (secondary N) is 1. The van der Waals surface area contributed by atoms with E-state index in [9.17, 15) is 4.79 Å². The van der Waals surface area contributed by atoms with Gasteiger partial charge in [-0.1, -0.05) is 11.6 Å². The molecule has 0 spiro atoms. The molecule has 1 aromatic heterocycles. The lowest BCUT2D eigenvalue weighted by molar-refractivity contribution is -0.120. The summed E-state index contributed by atoms with van der Waals surface area (Å²) in [5.41, 5.74) is 0.610. The number of ether oxygens (including phenoxy) is 1. The number of amides is 1. The van der Waals surface area contributed by atoms with Crippen LogP contribution in [0.2, 0.25) is 5.15 Å². The van der Waals surface area contributed by atoms with Crippen LogP contribution in [-0.4, -0.2) is 24.1 Å². The van der Waals surface area contributed by atoms with Gasteiger partial charge in [-0.3, -0.25) is 4.79 Å². The van der Waals surface area contributed by atoms with E-state index >= 15 is 0 Å². The molecule has 0 saturated carbocycles. The summed E-state index contributed by atoms with van der Waals surface area (Å²) < 4.78 is 4.93. The zero-order chi connectivity index (χ0) is 10.4. The summed E-state index contributed by atoms with van der Waals surface area (Å²) >= 11 is 5.58. The molecule has 0 radical (unpaired) electrons. The summed E-state index contributed by atoms with van der Waals surface area (Å²) in [7, 11) is 0. The van der Waals surface area contributed by atoms with Gasteiger partial charge in [-0.15, -0.1) is 0 Å². The molecule has 4 nitrogen and oxygen atoms in total. The van der Waals surface area contributed by atoms with Crippen LogP contribution in [0.1, 0.15) is 6.92 Å². The van der Waals surface area contributed by atoms with Crippen LogP contribution in [0.5, 0.6) is 0 Å². The highest BCUT2D eigenvalue weighted by atomic mass is 35.5. The van der Waals surface area contributed by atoms with E-state index in [4.69, 9.17) is 16.3 Å². The van der Waals surface area contributed by atoms with Crippen molar-refractivity contribution in [1.82, 2.24) is 4.98 Å². The Morgan fingerprint density at radius 1 is 1.64 bits per heavy atom. The predicted molar refractivity (Wildman–Crippen MR) is 54.4 cm³/mol. The molecule has 0 atom stereocenters. The van der Waals surface area contributed by atoms with Crippen LogP contribution < -0.4 is 5.32 Å². The molecule has 76 valence electrons. The lowest BCUT2D eigenvalue weighted by Gasteiger charge is -2.04. The normalized spacial score (nSPS) is 9.86. The predicted octanol–water partition coefficient (Wildman–Crippen LogP) is 1.71. The highest BCUT2D eigenvalue weighted by molar-refractivity contribution is 6.29. The van der Waals surface area contributed by atoms with Crippen molar-refractivity contribution in [2.75, 3.05) is 18.5 Å².